The van der Waals surface area contributed by atoms with Crippen molar-refractivity contribution >= 4 is 11.5 Å². The lowest BCUT2D eigenvalue weighted by Gasteiger charge is -2.40. The van der Waals surface area contributed by atoms with Crippen LogP contribution in [0.2, 0.25) is 0 Å². The predicted molar refractivity (Wildman–Crippen MR) is 92.1 cm³/mol. The number of rotatable bonds is 4. The van der Waals surface area contributed by atoms with Crippen molar-refractivity contribution in [1.29, 1.82) is 0 Å². The maximum Gasteiger partial charge on any atom is 0.151 e. The fourth-order valence-electron chi connectivity index (χ4n) is 2.73. The lowest BCUT2D eigenvalue weighted by molar-refractivity contribution is 0.0266. The number of hydrazine groups is 1. The van der Waals surface area contributed by atoms with Gasteiger partial charge in [-0.15, -0.1) is 0 Å². The van der Waals surface area contributed by atoms with Crippen LogP contribution in [-0.4, -0.2) is 28.9 Å². The number of benzene rings is 2. The molecule has 0 saturated carbocycles. The van der Waals surface area contributed by atoms with Crippen molar-refractivity contribution in [3.8, 4) is 0 Å². The number of hydrogen-bond donors (Lipinski definition) is 0. The molecule has 0 fully saturated rings. The van der Waals surface area contributed by atoms with E-state index in [1.807, 2.05) is 6.07 Å². The summed E-state index contributed by atoms with van der Waals surface area (Å²) in [5.74, 6) is 1.03. The first kappa shape index (κ1) is 14.8. The third kappa shape index (κ3) is 2.77. The lowest BCUT2D eigenvalue weighted by atomic mass is 10.1. The smallest absolute Gasteiger partial charge is 0.151 e. The summed E-state index contributed by atoms with van der Waals surface area (Å²) in [7, 11) is 2.15. The number of fused-ring (bicyclic) bond motifs is 1. The van der Waals surface area contributed by atoms with Gasteiger partial charge in [0.05, 0.1) is 12.2 Å². The largest absolute Gasteiger partial charge is 0.284 e. The number of amidine groups is 1. The van der Waals surface area contributed by atoms with Crippen molar-refractivity contribution in [2.24, 2.45) is 4.99 Å². The van der Waals surface area contributed by atoms with Gasteiger partial charge >= 0.3 is 0 Å². The fourth-order valence-corrected chi connectivity index (χ4v) is 2.73. The maximum atomic E-state index is 4.94. The van der Waals surface area contributed by atoms with Gasteiger partial charge in [-0.1, -0.05) is 55.5 Å². The van der Waals surface area contributed by atoms with Gasteiger partial charge in [-0.2, -0.15) is 0 Å². The van der Waals surface area contributed by atoms with Crippen LogP contribution in [0.15, 0.2) is 59.6 Å². The molecule has 2 aromatic carbocycles. The molecule has 0 spiro atoms. The zero-order chi connectivity index (χ0) is 15.5. The van der Waals surface area contributed by atoms with Gasteiger partial charge in [0.15, 0.2) is 5.84 Å². The Bertz CT molecular complexity index is 663. The van der Waals surface area contributed by atoms with E-state index >= 15 is 0 Å². The van der Waals surface area contributed by atoms with Crippen molar-refractivity contribution in [2.45, 2.75) is 32.9 Å². The summed E-state index contributed by atoms with van der Waals surface area (Å²) < 4.78 is 0. The molecular formula is C19H23N3. The van der Waals surface area contributed by atoms with Crippen LogP contribution in [0.1, 0.15) is 31.4 Å². The highest BCUT2D eigenvalue weighted by molar-refractivity contribution is 6.01. The van der Waals surface area contributed by atoms with Crippen molar-refractivity contribution in [1.82, 2.24) is 10.0 Å². The molecule has 1 unspecified atom stereocenters. The van der Waals surface area contributed by atoms with Gasteiger partial charge < -0.3 is 0 Å². The molecule has 22 heavy (non-hydrogen) atoms. The van der Waals surface area contributed by atoms with Crippen molar-refractivity contribution in [2.75, 3.05) is 7.05 Å². The van der Waals surface area contributed by atoms with Gasteiger partial charge in [0.2, 0.25) is 0 Å². The van der Waals surface area contributed by atoms with E-state index in [-0.39, 0.29) is 0 Å². The van der Waals surface area contributed by atoms with Crippen LogP contribution >= 0.6 is 0 Å². The molecule has 3 nitrogen and oxygen atoms in total. The minimum Gasteiger partial charge on any atom is -0.284 e. The van der Waals surface area contributed by atoms with Crippen LogP contribution in [0.3, 0.4) is 0 Å². The quantitative estimate of drug-likeness (QED) is 0.840. The molecule has 2 aromatic rings. The van der Waals surface area contributed by atoms with Gasteiger partial charge in [-0.25, -0.2) is 10.0 Å². The summed E-state index contributed by atoms with van der Waals surface area (Å²) in [5, 5.41) is 4.60. The Labute approximate surface area is 132 Å². The minimum atomic E-state index is 0.471. The highest BCUT2D eigenvalue weighted by Crippen LogP contribution is 2.29. The van der Waals surface area contributed by atoms with E-state index in [1.165, 1.54) is 5.56 Å². The summed E-state index contributed by atoms with van der Waals surface area (Å²) in [4.78, 5) is 4.94. The summed E-state index contributed by atoms with van der Waals surface area (Å²) >= 11 is 0. The zero-order valence-corrected chi connectivity index (χ0v) is 13.5. The third-order valence-electron chi connectivity index (χ3n) is 4.42. The Kier molecular flexibility index (Phi) is 4.25. The van der Waals surface area contributed by atoms with E-state index in [1.54, 1.807) is 0 Å². The Hall–Kier alpha value is -2.13. The van der Waals surface area contributed by atoms with Crippen LogP contribution in [0.5, 0.6) is 0 Å². The number of nitrogens with zero attached hydrogens (tertiary/aromatic N) is 3. The van der Waals surface area contributed by atoms with E-state index in [0.29, 0.717) is 6.04 Å². The molecule has 0 bridgehead atoms. The van der Waals surface area contributed by atoms with Gasteiger partial charge in [-0.3, -0.25) is 5.01 Å². The van der Waals surface area contributed by atoms with Gasteiger partial charge in [0, 0.05) is 18.7 Å². The number of hydrogen-bond acceptors (Lipinski definition) is 3. The minimum absolute atomic E-state index is 0.471. The van der Waals surface area contributed by atoms with Crippen molar-refractivity contribution < 1.29 is 0 Å². The Morgan fingerprint density at radius 3 is 2.50 bits per heavy atom. The SMILES string of the molecule is CCC(C)N(C)N1Cc2ccccc2N=C1c1ccccc1. The summed E-state index contributed by atoms with van der Waals surface area (Å²) in [6, 6.07) is 19.3. The van der Waals surface area contributed by atoms with E-state index in [2.05, 4.69) is 79.4 Å². The molecule has 3 rings (SSSR count). The predicted octanol–water partition coefficient (Wildman–Crippen LogP) is 4.23. The van der Waals surface area contributed by atoms with Crippen molar-refractivity contribution in [3.63, 3.8) is 0 Å². The molecule has 0 aliphatic carbocycles. The molecule has 0 radical (unpaired) electrons. The molecule has 0 saturated heterocycles. The van der Waals surface area contributed by atoms with Gasteiger partial charge in [0.1, 0.15) is 0 Å². The summed E-state index contributed by atoms with van der Waals surface area (Å²) in [6.07, 6.45) is 1.11. The standard InChI is InChI=1S/C19H23N3/c1-4-15(2)21(3)22-14-17-12-8-9-13-18(17)20-19(22)16-10-6-5-7-11-16/h5-13,15H,4,14H2,1-3H3. The molecule has 1 heterocycles. The number of para-hydroxylation sites is 1. The van der Waals surface area contributed by atoms with Crippen LogP contribution < -0.4 is 0 Å². The molecular weight excluding hydrogens is 270 g/mol. The van der Waals surface area contributed by atoms with Crippen LogP contribution in [0, 0.1) is 0 Å². The second-order valence-corrected chi connectivity index (χ2v) is 5.82. The van der Waals surface area contributed by atoms with Crippen LogP contribution in [-0.2, 0) is 6.54 Å². The zero-order valence-electron chi connectivity index (χ0n) is 13.5. The van der Waals surface area contributed by atoms with Gasteiger partial charge in [-0.05, 0) is 25.0 Å². The van der Waals surface area contributed by atoms with Crippen LogP contribution in [0.4, 0.5) is 5.69 Å². The molecule has 0 N–H and O–H groups in total. The molecule has 0 aromatic heterocycles. The highest BCUT2D eigenvalue weighted by atomic mass is 15.6. The van der Waals surface area contributed by atoms with Crippen molar-refractivity contribution in [3.05, 3.63) is 65.7 Å². The molecule has 114 valence electrons. The first-order valence-electron chi connectivity index (χ1n) is 7.93. The first-order valence-corrected chi connectivity index (χ1v) is 7.93. The Morgan fingerprint density at radius 2 is 1.77 bits per heavy atom. The normalized spacial score (nSPS) is 15.5. The van der Waals surface area contributed by atoms with E-state index in [9.17, 15) is 0 Å². The molecule has 0 amide bonds. The first-order chi connectivity index (χ1) is 10.7. The average Bonchev–Trinajstić information content (AvgIpc) is 2.60. The molecule has 3 heteroatoms. The molecule has 1 aliphatic heterocycles. The Morgan fingerprint density at radius 1 is 1.09 bits per heavy atom. The summed E-state index contributed by atoms with van der Waals surface area (Å²) in [6.45, 7) is 5.34. The molecule has 1 aliphatic rings. The van der Waals surface area contributed by atoms with E-state index in [0.717, 1.165) is 30.1 Å². The fraction of sp³-hybridized carbons (Fsp3) is 0.316. The second kappa shape index (κ2) is 6.32. The second-order valence-electron chi connectivity index (χ2n) is 5.82. The maximum absolute atomic E-state index is 4.94. The van der Waals surface area contributed by atoms with E-state index in [4.69, 9.17) is 4.99 Å². The topological polar surface area (TPSA) is 18.8 Å². The average molecular weight is 293 g/mol. The lowest BCUT2D eigenvalue weighted by Crippen LogP contribution is -2.49. The Balaban J connectivity index is 2.05. The summed E-state index contributed by atoms with van der Waals surface area (Å²) in [5.41, 5.74) is 3.51. The highest BCUT2D eigenvalue weighted by Gasteiger charge is 2.25. The van der Waals surface area contributed by atoms with Crippen LogP contribution in [0.25, 0.3) is 0 Å². The number of aliphatic imine (C=N–C) groups is 1. The van der Waals surface area contributed by atoms with E-state index < -0.39 is 0 Å². The van der Waals surface area contributed by atoms with Gasteiger partial charge in [0.25, 0.3) is 0 Å². The third-order valence-corrected chi connectivity index (χ3v) is 4.42. The monoisotopic (exact) mass is 293 g/mol. The molecule has 1 atom stereocenters.